The summed E-state index contributed by atoms with van der Waals surface area (Å²) in [4.78, 5) is 25.1. The topological polar surface area (TPSA) is 87.5 Å². The fourth-order valence-corrected chi connectivity index (χ4v) is 3.34. The smallest absolute Gasteiger partial charge is 0.317 e. The van der Waals surface area contributed by atoms with Crippen LogP contribution < -0.4 is 5.32 Å². The van der Waals surface area contributed by atoms with Crippen molar-refractivity contribution in [3.63, 3.8) is 0 Å². The molecule has 8 heteroatoms. The summed E-state index contributed by atoms with van der Waals surface area (Å²) < 4.78 is 14.6. The molecule has 1 aromatic heterocycles. The zero-order valence-corrected chi connectivity index (χ0v) is 15.1. The van der Waals surface area contributed by atoms with Gasteiger partial charge >= 0.3 is 12.0 Å². The van der Waals surface area contributed by atoms with E-state index in [1.54, 1.807) is 27.9 Å². The zero-order chi connectivity index (χ0) is 19.4. The number of halogens is 1. The Labute approximate surface area is 156 Å². The Morgan fingerprint density at radius 2 is 2.00 bits per heavy atom. The molecule has 0 aliphatic carbocycles. The van der Waals surface area contributed by atoms with Gasteiger partial charge < -0.3 is 15.3 Å². The van der Waals surface area contributed by atoms with Crippen LogP contribution in [0.4, 0.5) is 9.18 Å². The normalized spacial score (nSPS) is 19.7. The molecular formula is C19H23FN4O3. The summed E-state index contributed by atoms with van der Waals surface area (Å²) in [5.41, 5.74) is 1.56. The van der Waals surface area contributed by atoms with E-state index in [0.717, 1.165) is 11.4 Å². The zero-order valence-electron chi connectivity index (χ0n) is 15.1. The second-order valence-electron chi connectivity index (χ2n) is 6.99. The van der Waals surface area contributed by atoms with E-state index in [4.69, 9.17) is 0 Å². The summed E-state index contributed by atoms with van der Waals surface area (Å²) >= 11 is 0. The number of urea groups is 1. The van der Waals surface area contributed by atoms with Gasteiger partial charge in [-0.3, -0.25) is 4.79 Å². The van der Waals surface area contributed by atoms with Crippen LogP contribution in [0.1, 0.15) is 19.0 Å². The first kappa shape index (κ1) is 18.9. The third-order valence-corrected chi connectivity index (χ3v) is 4.69. The maximum atomic E-state index is 13.0. The van der Waals surface area contributed by atoms with Gasteiger partial charge in [-0.2, -0.15) is 5.10 Å². The highest BCUT2D eigenvalue weighted by atomic mass is 19.1. The third-order valence-electron chi connectivity index (χ3n) is 4.69. The number of carbonyl (C=O) groups excluding carboxylic acids is 1. The van der Waals surface area contributed by atoms with Gasteiger partial charge in [-0.1, -0.05) is 6.92 Å². The number of benzene rings is 1. The SMILES string of the molecule is CC1CC(C(=O)O)CN(C(=O)NCCc2ccn(-c3ccc(F)cc3)n2)C1. The van der Waals surface area contributed by atoms with Crippen LogP contribution >= 0.6 is 0 Å². The van der Waals surface area contributed by atoms with Gasteiger partial charge in [0.2, 0.25) is 0 Å². The van der Waals surface area contributed by atoms with Crippen LogP contribution in [0.5, 0.6) is 0 Å². The van der Waals surface area contributed by atoms with E-state index >= 15 is 0 Å². The van der Waals surface area contributed by atoms with Gasteiger partial charge in [0.1, 0.15) is 5.82 Å². The van der Waals surface area contributed by atoms with Crippen molar-refractivity contribution in [2.75, 3.05) is 19.6 Å². The van der Waals surface area contributed by atoms with Crippen molar-refractivity contribution in [1.29, 1.82) is 0 Å². The quantitative estimate of drug-likeness (QED) is 0.841. The molecule has 2 amide bonds. The molecule has 144 valence electrons. The number of aliphatic carboxylic acids is 1. The van der Waals surface area contributed by atoms with Crippen LogP contribution in [0, 0.1) is 17.7 Å². The first-order valence-corrected chi connectivity index (χ1v) is 8.98. The number of amides is 2. The minimum atomic E-state index is -0.856. The predicted octanol–water partition coefficient (Wildman–Crippen LogP) is 2.31. The molecule has 27 heavy (non-hydrogen) atoms. The molecule has 1 aliphatic heterocycles. The molecule has 1 aromatic carbocycles. The molecule has 0 saturated carbocycles. The molecule has 0 radical (unpaired) electrons. The number of nitrogens with one attached hydrogen (secondary N) is 1. The molecule has 1 saturated heterocycles. The van der Waals surface area contributed by atoms with Gasteiger partial charge in [-0.25, -0.2) is 13.9 Å². The number of carbonyl (C=O) groups is 2. The van der Waals surface area contributed by atoms with Crippen molar-refractivity contribution in [1.82, 2.24) is 20.0 Å². The molecule has 7 nitrogen and oxygen atoms in total. The highest BCUT2D eigenvalue weighted by molar-refractivity contribution is 5.76. The maximum absolute atomic E-state index is 13.0. The number of rotatable bonds is 5. The number of aromatic nitrogens is 2. The van der Waals surface area contributed by atoms with Gasteiger partial charge in [0, 0.05) is 32.3 Å². The number of carboxylic acid groups (broad SMARTS) is 1. The van der Waals surface area contributed by atoms with E-state index in [0.29, 0.717) is 25.9 Å². The van der Waals surface area contributed by atoms with Crippen molar-refractivity contribution >= 4 is 12.0 Å². The van der Waals surface area contributed by atoms with Crippen LogP contribution in [-0.4, -0.2) is 51.4 Å². The van der Waals surface area contributed by atoms with Crippen molar-refractivity contribution in [2.45, 2.75) is 19.8 Å². The lowest BCUT2D eigenvalue weighted by atomic mass is 9.91. The number of hydrogen-bond acceptors (Lipinski definition) is 3. The molecule has 1 aliphatic rings. The Hall–Kier alpha value is -2.90. The number of piperidine rings is 1. The van der Waals surface area contributed by atoms with Crippen molar-refractivity contribution in [3.05, 3.63) is 48.0 Å². The second kappa shape index (κ2) is 8.20. The van der Waals surface area contributed by atoms with Crippen LogP contribution in [0.2, 0.25) is 0 Å². The molecule has 0 spiro atoms. The molecule has 3 rings (SSSR count). The van der Waals surface area contributed by atoms with E-state index in [-0.39, 0.29) is 24.3 Å². The van der Waals surface area contributed by atoms with Crippen LogP contribution in [0.25, 0.3) is 5.69 Å². The lowest BCUT2D eigenvalue weighted by Crippen LogP contribution is -2.49. The van der Waals surface area contributed by atoms with Gasteiger partial charge in [-0.05, 0) is 42.7 Å². The van der Waals surface area contributed by atoms with E-state index in [1.807, 2.05) is 13.0 Å². The second-order valence-corrected chi connectivity index (χ2v) is 6.99. The monoisotopic (exact) mass is 374 g/mol. The molecule has 2 N–H and O–H groups in total. The maximum Gasteiger partial charge on any atom is 0.317 e. The summed E-state index contributed by atoms with van der Waals surface area (Å²) in [6.07, 6.45) is 2.93. The molecule has 2 atom stereocenters. The van der Waals surface area contributed by atoms with E-state index in [1.165, 1.54) is 12.1 Å². The fourth-order valence-electron chi connectivity index (χ4n) is 3.34. The first-order chi connectivity index (χ1) is 12.9. The van der Waals surface area contributed by atoms with Crippen molar-refractivity contribution in [2.24, 2.45) is 11.8 Å². The van der Waals surface area contributed by atoms with Gasteiger partial charge in [0.15, 0.2) is 0 Å². The highest BCUT2D eigenvalue weighted by Gasteiger charge is 2.31. The van der Waals surface area contributed by atoms with Crippen molar-refractivity contribution < 1.29 is 19.1 Å². The van der Waals surface area contributed by atoms with E-state index < -0.39 is 11.9 Å². The Balaban J connectivity index is 1.50. The van der Waals surface area contributed by atoms with Gasteiger partial charge in [0.05, 0.1) is 17.3 Å². The summed E-state index contributed by atoms with van der Waals surface area (Å²) in [7, 11) is 0. The molecule has 2 unspecified atom stereocenters. The lowest BCUT2D eigenvalue weighted by molar-refractivity contribution is -0.143. The Morgan fingerprint density at radius 3 is 2.70 bits per heavy atom. The molecule has 1 fully saturated rings. The predicted molar refractivity (Wildman–Crippen MR) is 97.1 cm³/mol. The largest absolute Gasteiger partial charge is 0.481 e. The molecule has 2 heterocycles. The van der Waals surface area contributed by atoms with Crippen LogP contribution in [0.15, 0.2) is 36.5 Å². The fraction of sp³-hybridized carbons (Fsp3) is 0.421. The Morgan fingerprint density at radius 1 is 1.26 bits per heavy atom. The average Bonchev–Trinajstić information content (AvgIpc) is 3.10. The third kappa shape index (κ3) is 4.84. The lowest BCUT2D eigenvalue weighted by Gasteiger charge is -2.34. The van der Waals surface area contributed by atoms with E-state index in [9.17, 15) is 19.1 Å². The van der Waals surface area contributed by atoms with E-state index in [2.05, 4.69) is 10.4 Å². The Kier molecular flexibility index (Phi) is 5.73. The summed E-state index contributed by atoms with van der Waals surface area (Å²) in [6, 6.07) is 7.64. The minimum absolute atomic E-state index is 0.164. The number of hydrogen-bond donors (Lipinski definition) is 2. The molecule has 0 bridgehead atoms. The average molecular weight is 374 g/mol. The number of likely N-dealkylation sites (tertiary alicyclic amines) is 1. The molecule has 2 aromatic rings. The molecular weight excluding hydrogens is 351 g/mol. The van der Waals surface area contributed by atoms with Gasteiger partial charge in [0.25, 0.3) is 0 Å². The summed E-state index contributed by atoms with van der Waals surface area (Å²) in [6.45, 7) is 3.17. The minimum Gasteiger partial charge on any atom is -0.481 e. The van der Waals surface area contributed by atoms with Crippen LogP contribution in [-0.2, 0) is 11.2 Å². The summed E-state index contributed by atoms with van der Waals surface area (Å²) in [5, 5.41) is 16.5. The first-order valence-electron chi connectivity index (χ1n) is 8.98. The Bertz CT molecular complexity index is 806. The standard InChI is InChI=1S/C19H23FN4O3/c1-13-10-14(18(25)26)12-23(11-13)19(27)21-8-6-16-7-9-24(22-16)17-4-2-15(20)3-5-17/h2-5,7,9,13-14H,6,8,10-12H2,1H3,(H,21,27)(H,25,26). The van der Waals surface area contributed by atoms with Gasteiger partial charge in [-0.15, -0.1) is 0 Å². The van der Waals surface area contributed by atoms with Crippen molar-refractivity contribution in [3.8, 4) is 5.69 Å². The van der Waals surface area contributed by atoms with Crippen LogP contribution in [0.3, 0.4) is 0 Å². The summed E-state index contributed by atoms with van der Waals surface area (Å²) in [5.74, 6) is -1.50. The highest BCUT2D eigenvalue weighted by Crippen LogP contribution is 2.21. The number of carboxylic acids is 1. The number of nitrogens with zero attached hydrogens (tertiary/aromatic N) is 3.